The zero-order valence-corrected chi connectivity index (χ0v) is 20.6. The molecule has 0 atom stereocenters. The molecular formula is C30H31NO3. The van der Waals surface area contributed by atoms with E-state index in [-0.39, 0.29) is 16.2 Å². The molecule has 4 heteroatoms. The van der Waals surface area contributed by atoms with Crippen LogP contribution in [-0.4, -0.2) is 18.8 Å². The van der Waals surface area contributed by atoms with Gasteiger partial charge in [-0.15, -0.1) is 0 Å². The zero-order chi connectivity index (χ0) is 24.0. The van der Waals surface area contributed by atoms with Crippen molar-refractivity contribution in [2.45, 2.75) is 58.8 Å². The summed E-state index contributed by atoms with van der Waals surface area (Å²) in [5, 5.41) is 13.3. The first-order chi connectivity index (χ1) is 16.1. The molecule has 0 unspecified atom stereocenters. The lowest BCUT2D eigenvalue weighted by molar-refractivity contribution is 0.0645. The van der Waals surface area contributed by atoms with Gasteiger partial charge in [0.25, 0.3) is 0 Å². The lowest BCUT2D eigenvalue weighted by atomic mass is 9.52. The van der Waals surface area contributed by atoms with Crippen LogP contribution >= 0.6 is 0 Å². The minimum Gasteiger partial charge on any atom is -0.507 e. The molecule has 6 rings (SSSR count). The number of ether oxygens (including phenoxy) is 2. The summed E-state index contributed by atoms with van der Waals surface area (Å²) in [4.78, 5) is 3.79. The van der Waals surface area contributed by atoms with Gasteiger partial charge >= 0.3 is 0 Å². The van der Waals surface area contributed by atoms with Gasteiger partial charge in [-0.25, -0.2) is 4.85 Å². The molecule has 34 heavy (non-hydrogen) atoms. The predicted molar refractivity (Wildman–Crippen MR) is 135 cm³/mol. The van der Waals surface area contributed by atoms with Crippen LogP contribution in [0.5, 0.6) is 17.2 Å². The molecule has 1 aliphatic heterocycles. The van der Waals surface area contributed by atoms with E-state index in [1.54, 1.807) is 7.11 Å². The van der Waals surface area contributed by atoms with E-state index >= 15 is 0 Å². The van der Waals surface area contributed by atoms with Gasteiger partial charge in [0.15, 0.2) is 17.2 Å². The second-order valence-corrected chi connectivity index (χ2v) is 12.0. The Kier molecular flexibility index (Phi) is 4.20. The normalized spacial score (nSPS) is 20.4. The van der Waals surface area contributed by atoms with Crippen molar-refractivity contribution < 1.29 is 14.6 Å². The van der Waals surface area contributed by atoms with E-state index in [1.807, 2.05) is 18.2 Å². The van der Waals surface area contributed by atoms with Gasteiger partial charge in [-0.05, 0) is 64.5 Å². The zero-order valence-electron chi connectivity index (χ0n) is 20.6. The van der Waals surface area contributed by atoms with Crippen LogP contribution in [0.2, 0.25) is 0 Å². The Balaban J connectivity index is 1.78. The summed E-state index contributed by atoms with van der Waals surface area (Å²) >= 11 is 0. The first-order valence-corrected chi connectivity index (χ1v) is 12.1. The van der Waals surface area contributed by atoms with Crippen LogP contribution in [0.4, 0.5) is 5.69 Å². The fraction of sp³-hybridized carbons (Fsp3) is 0.433. The number of benzene rings is 3. The fourth-order valence-electron chi connectivity index (χ4n) is 7.92. The molecule has 2 aliphatic carbocycles. The number of hydrogen-bond acceptors (Lipinski definition) is 3. The summed E-state index contributed by atoms with van der Waals surface area (Å²) in [5.74, 6) is 1.76. The Labute approximate surface area is 201 Å². The Morgan fingerprint density at radius 2 is 1.74 bits per heavy atom. The highest BCUT2D eigenvalue weighted by molar-refractivity contribution is 6.09. The second-order valence-electron chi connectivity index (χ2n) is 12.0. The average molecular weight is 454 g/mol. The van der Waals surface area contributed by atoms with Gasteiger partial charge in [0, 0.05) is 28.2 Å². The van der Waals surface area contributed by atoms with Crippen molar-refractivity contribution >= 4 is 16.5 Å². The standard InChI is InChI=1S/C30H31NO3/c1-28(2)14-29(3,4)16-30(15-28)21-11-17(31-5)7-8-18(21)26-22(30)13-23(32)20-12-24(33-6)27-19(25(20)26)9-10-34-27/h7-8,11-13,32H,9-10,14-16H2,1-4,6H3. The van der Waals surface area contributed by atoms with E-state index in [4.69, 9.17) is 16.0 Å². The third-order valence-corrected chi connectivity index (χ3v) is 8.19. The van der Waals surface area contributed by atoms with Crippen molar-refractivity contribution in [2.24, 2.45) is 10.8 Å². The highest BCUT2D eigenvalue weighted by atomic mass is 16.5. The monoisotopic (exact) mass is 453 g/mol. The number of hydrogen-bond donors (Lipinski definition) is 1. The molecule has 0 amide bonds. The van der Waals surface area contributed by atoms with Crippen molar-refractivity contribution in [2.75, 3.05) is 13.7 Å². The van der Waals surface area contributed by atoms with Crippen molar-refractivity contribution in [1.29, 1.82) is 0 Å². The molecule has 1 saturated carbocycles. The van der Waals surface area contributed by atoms with E-state index in [0.29, 0.717) is 23.8 Å². The molecule has 3 aliphatic rings. The van der Waals surface area contributed by atoms with Crippen molar-refractivity contribution in [3.05, 3.63) is 58.4 Å². The van der Waals surface area contributed by atoms with Crippen LogP contribution in [-0.2, 0) is 11.8 Å². The number of nitrogens with zero attached hydrogens (tertiary/aromatic N) is 1. The van der Waals surface area contributed by atoms with Crippen molar-refractivity contribution in [3.8, 4) is 28.4 Å². The maximum Gasteiger partial charge on any atom is 0.187 e. The minimum atomic E-state index is -0.242. The number of phenols is 1. The van der Waals surface area contributed by atoms with Crippen LogP contribution in [0.3, 0.4) is 0 Å². The third-order valence-electron chi connectivity index (χ3n) is 8.19. The molecule has 1 fully saturated rings. The molecule has 0 radical (unpaired) electrons. The number of aromatic hydroxyl groups is 1. The molecule has 4 nitrogen and oxygen atoms in total. The van der Waals surface area contributed by atoms with E-state index < -0.39 is 0 Å². The molecule has 174 valence electrons. The summed E-state index contributed by atoms with van der Waals surface area (Å²) < 4.78 is 11.6. The topological polar surface area (TPSA) is 43.0 Å². The van der Waals surface area contributed by atoms with Crippen molar-refractivity contribution in [1.82, 2.24) is 0 Å². The lowest BCUT2D eigenvalue weighted by Gasteiger charge is -2.52. The van der Waals surface area contributed by atoms with Gasteiger partial charge in [0.2, 0.25) is 0 Å². The van der Waals surface area contributed by atoms with Gasteiger partial charge in [-0.1, -0.05) is 45.9 Å². The quantitative estimate of drug-likeness (QED) is 0.387. The molecule has 0 saturated heterocycles. The Hall–Kier alpha value is -3.19. The molecule has 1 N–H and O–H groups in total. The SMILES string of the molecule is [C-]#[N+]c1ccc2c(c1)C1(CC(C)(C)CC(C)(C)C1)c1cc(O)c3cc(OC)c4c(c3c1-2)CCO4. The first kappa shape index (κ1) is 21.4. The molecule has 1 spiro atoms. The minimum absolute atomic E-state index is 0.129. The number of methoxy groups -OCH3 is 1. The van der Waals surface area contributed by atoms with Crippen molar-refractivity contribution in [3.63, 3.8) is 0 Å². The molecule has 3 aromatic carbocycles. The number of fused-ring (bicyclic) bond motifs is 9. The average Bonchev–Trinajstić information content (AvgIpc) is 3.33. The molecule has 0 bridgehead atoms. The maximum atomic E-state index is 11.4. The highest BCUT2D eigenvalue weighted by Gasteiger charge is 2.54. The maximum absolute atomic E-state index is 11.4. The van der Waals surface area contributed by atoms with E-state index in [2.05, 4.69) is 44.7 Å². The van der Waals surface area contributed by atoms with Gasteiger partial charge in [-0.3, -0.25) is 0 Å². The van der Waals surface area contributed by atoms with E-state index in [0.717, 1.165) is 47.8 Å². The Bertz CT molecular complexity index is 1410. The van der Waals surface area contributed by atoms with Gasteiger partial charge in [0.1, 0.15) is 5.75 Å². The van der Waals surface area contributed by atoms with Crippen LogP contribution in [0.25, 0.3) is 26.7 Å². The number of phenolic OH excluding ortho intramolecular Hbond substituents is 1. The van der Waals surface area contributed by atoms with Gasteiger partial charge < -0.3 is 14.6 Å². The lowest BCUT2D eigenvalue weighted by Crippen LogP contribution is -2.43. The van der Waals surface area contributed by atoms with E-state index in [1.165, 1.54) is 22.3 Å². The Morgan fingerprint density at radius 1 is 1.00 bits per heavy atom. The smallest absolute Gasteiger partial charge is 0.187 e. The summed E-state index contributed by atoms with van der Waals surface area (Å²) in [7, 11) is 1.65. The Morgan fingerprint density at radius 3 is 2.41 bits per heavy atom. The first-order valence-electron chi connectivity index (χ1n) is 12.1. The molecule has 1 heterocycles. The third kappa shape index (κ3) is 2.76. The van der Waals surface area contributed by atoms with Crippen LogP contribution in [0, 0.1) is 17.4 Å². The van der Waals surface area contributed by atoms with Gasteiger partial charge in [-0.2, -0.15) is 0 Å². The summed E-state index contributed by atoms with van der Waals surface area (Å²) in [6.07, 6.45) is 3.92. The van der Waals surface area contributed by atoms with Crippen LogP contribution in [0.1, 0.15) is 63.6 Å². The number of rotatable bonds is 1. The summed E-state index contributed by atoms with van der Waals surface area (Å²) in [6.45, 7) is 17.8. The van der Waals surface area contributed by atoms with E-state index in [9.17, 15) is 5.11 Å². The van der Waals surface area contributed by atoms with Gasteiger partial charge in [0.05, 0.1) is 20.3 Å². The van der Waals surface area contributed by atoms with Crippen LogP contribution < -0.4 is 9.47 Å². The summed E-state index contributed by atoms with van der Waals surface area (Å²) in [6, 6.07) is 10.1. The fourth-order valence-corrected chi connectivity index (χ4v) is 7.92. The molecule has 0 aromatic heterocycles. The molecule has 3 aromatic rings. The summed E-state index contributed by atoms with van der Waals surface area (Å²) in [5.41, 5.74) is 6.66. The van der Waals surface area contributed by atoms with Crippen LogP contribution in [0.15, 0.2) is 30.3 Å². The molecular weight excluding hydrogens is 422 g/mol. The predicted octanol–water partition coefficient (Wildman–Crippen LogP) is 7.54. The highest BCUT2D eigenvalue weighted by Crippen LogP contribution is 2.65. The second kappa shape index (κ2) is 6.69. The largest absolute Gasteiger partial charge is 0.507 e.